The quantitative estimate of drug-likeness (QED) is 0.714. The molecular formula is C18H26Cl2N4O3. The van der Waals surface area contributed by atoms with Gasteiger partial charge >= 0.3 is 6.09 Å². The highest BCUT2D eigenvalue weighted by molar-refractivity contribution is 6.35. The lowest BCUT2D eigenvalue weighted by Gasteiger charge is -2.35. The average molecular weight is 417 g/mol. The summed E-state index contributed by atoms with van der Waals surface area (Å²) in [5.74, 6) is 0.320. The molecule has 1 aliphatic rings. The van der Waals surface area contributed by atoms with Gasteiger partial charge in [-0.15, -0.1) is 0 Å². The van der Waals surface area contributed by atoms with Crippen LogP contribution in [0.4, 0.5) is 10.6 Å². The number of nitrogens with one attached hydrogen (secondary N) is 2. The standard InChI is InChI=1S/C18H26Cl2N4O3/c1-18(2,3)27-17(26)24-9-5-4-6-14(24)16(25)22-8-7-21-15-13(20)10-12(19)11-23-15/h10-11,14H,4-9H2,1-3H3,(H,21,23)(H,22,25). The fourth-order valence-electron chi connectivity index (χ4n) is 2.77. The first-order valence-corrected chi connectivity index (χ1v) is 9.75. The molecule has 7 nitrogen and oxygen atoms in total. The van der Waals surface area contributed by atoms with E-state index < -0.39 is 17.7 Å². The Labute approximate surface area is 169 Å². The first-order valence-electron chi connectivity index (χ1n) is 8.99. The van der Waals surface area contributed by atoms with Gasteiger partial charge in [0.05, 0.1) is 10.0 Å². The highest BCUT2D eigenvalue weighted by Crippen LogP contribution is 2.22. The molecule has 9 heteroatoms. The van der Waals surface area contributed by atoms with Crippen molar-refractivity contribution in [2.45, 2.75) is 51.7 Å². The van der Waals surface area contributed by atoms with Crippen LogP contribution in [0.3, 0.4) is 0 Å². The highest BCUT2D eigenvalue weighted by Gasteiger charge is 2.34. The molecule has 1 unspecified atom stereocenters. The third-order valence-corrected chi connectivity index (χ3v) is 4.45. The Balaban J connectivity index is 1.84. The molecule has 1 aliphatic heterocycles. The van der Waals surface area contributed by atoms with Crippen LogP contribution < -0.4 is 10.6 Å². The summed E-state index contributed by atoms with van der Waals surface area (Å²) in [6.07, 6.45) is 3.45. The van der Waals surface area contributed by atoms with Gasteiger partial charge in [0.2, 0.25) is 5.91 Å². The predicted molar refractivity (Wildman–Crippen MR) is 106 cm³/mol. The van der Waals surface area contributed by atoms with E-state index >= 15 is 0 Å². The molecule has 1 aromatic heterocycles. The van der Waals surface area contributed by atoms with E-state index in [1.807, 2.05) is 20.8 Å². The molecule has 0 radical (unpaired) electrons. The van der Waals surface area contributed by atoms with Crippen molar-refractivity contribution in [2.24, 2.45) is 0 Å². The minimum absolute atomic E-state index is 0.183. The van der Waals surface area contributed by atoms with E-state index in [1.54, 1.807) is 6.07 Å². The average Bonchev–Trinajstić information content (AvgIpc) is 2.58. The van der Waals surface area contributed by atoms with Gasteiger partial charge in [-0.05, 0) is 46.1 Å². The van der Waals surface area contributed by atoms with Crippen LogP contribution in [0.25, 0.3) is 0 Å². The van der Waals surface area contributed by atoms with Crippen LogP contribution in [-0.2, 0) is 9.53 Å². The number of pyridine rings is 1. The van der Waals surface area contributed by atoms with Gasteiger partial charge < -0.3 is 15.4 Å². The van der Waals surface area contributed by atoms with E-state index in [0.717, 1.165) is 12.8 Å². The maximum absolute atomic E-state index is 12.6. The Bertz CT molecular complexity index is 679. The lowest BCUT2D eigenvalue weighted by molar-refractivity contribution is -0.127. The minimum atomic E-state index is -0.593. The smallest absolute Gasteiger partial charge is 0.410 e. The molecule has 1 aromatic rings. The number of carbonyl (C=O) groups is 2. The summed E-state index contributed by atoms with van der Waals surface area (Å²) in [6.45, 7) is 6.77. The summed E-state index contributed by atoms with van der Waals surface area (Å²) in [6, 6.07) is 1.09. The van der Waals surface area contributed by atoms with Gasteiger partial charge in [-0.2, -0.15) is 0 Å². The second kappa shape index (κ2) is 9.46. The van der Waals surface area contributed by atoms with E-state index in [-0.39, 0.29) is 5.91 Å². The van der Waals surface area contributed by atoms with Crippen molar-refractivity contribution >= 4 is 41.0 Å². The number of piperidine rings is 1. The van der Waals surface area contributed by atoms with Gasteiger partial charge in [-0.1, -0.05) is 23.2 Å². The number of carbonyl (C=O) groups excluding carboxylic acids is 2. The molecule has 1 fully saturated rings. The van der Waals surface area contributed by atoms with Crippen molar-refractivity contribution in [3.05, 3.63) is 22.3 Å². The monoisotopic (exact) mass is 416 g/mol. The number of halogens is 2. The fraction of sp³-hybridized carbons (Fsp3) is 0.611. The van der Waals surface area contributed by atoms with Crippen molar-refractivity contribution in [3.63, 3.8) is 0 Å². The molecule has 2 rings (SSSR count). The molecule has 0 aromatic carbocycles. The number of likely N-dealkylation sites (tertiary alicyclic amines) is 1. The lowest BCUT2D eigenvalue weighted by Crippen LogP contribution is -2.53. The van der Waals surface area contributed by atoms with E-state index in [2.05, 4.69) is 15.6 Å². The van der Waals surface area contributed by atoms with Gasteiger partial charge in [0.15, 0.2) is 0 Å². The number of hydrogen-bond donors (Lipinski definition) is 2. The Morgan fingerprint density at radius 2 is 2.04 bits per heavy atom. The Hall–Kier alpha value is -1.73. The normalized spacial score (nSPS) is 17.4. The van der Waals surface area contributed by atoms with Crippen LogP contribution in [0.15, 0.2) is 12.3 Å². The maximum atomic E-state index is 12.6. The SMILES string of the molecule is CC(C)(C)OC(=O)N1CCCCC1C(=O)NCCNc1ncc(Cl)cc1Cl. The molecule has 1 saturated heterocycles. The van der Waals surface area contributed by atoms with Crippen molar-refractivity contribution in [3.8, 4) is 0 Å². The minimum Gasteiger partial charge on any atom is -0.444 e. The van der Waals surface area contributed by atoms with Crippen molar-refractivity contribution in [1.29, 1.82) is 0 Å². The number of anilines is 1. The molecule has 0 spiro atoms. The summed E-state index contributed by atoms with van der Waals surface area (Å²) in [4.78, 5) is 30.6. The highest BCUT2D eigenvalue weighted by atomic mass is 35.5. The first kappa shape index (κ1) is 21.6. The van der Waals surface area contributed by atoms with Crippen LogP contribution >= 0.6 is 23.2 Å². The molecule has 0 saturated carbocycles. The summed E-state index contributed by atoms with van der Waals surface area (Å²) in [7, 11) is 0. The number of hydrogen-bond acceptors (Lipinski definition) is 5. The zero-order chi connectivity index (χ0) is 20.0. The molecule has 27 heavy (non-hydrogen) atoms. The third kappa shape index (κ3) is 6.74. The second-order valence-electron chi connectivity index (χ2n) is 7.39. The maximum Gasteiger partial charge on any atom is 0.410 e. The Morgan fingerprint density at radius 1 is 1.30 bits per heavy atom. The van der Waals surface area contributed by atoms with Gasteiger partial charge in [0.25, 0.3) is 0 Å². The van der Waals surface area contributed by atoms with Gasteiger partial charge in [0.1, 0.15) is 17.5 Å². The third-order valence-electron chi connectivity index (χ3n) is 3.96. The number of rotatable bonds is 5. The van der Waals surface area contributed by atoms with Crippen molar-refractivity contribution in [2.75, 3.05) is 25.0 Å². The van der Waals surface area contributed by atoms with Crippen LogP contribution in [0.1, 0.15) is 40.0 Å². The topological polar surface area (TPSA) is 83.6 Å². The molecule has 150 valence electrons. The molecule has 2 N–H and O–H groups in total. The molecule has 1 atom stereocenters. The summed E-state index contributed by atoms with van der Waals surface area (Å²) < 4.78 is 5.42. The van der Waals surface area contributed by atoms with Crippen molar-refractivity contribution in [1.82, 2.24) is 15.2 Å². The number of ether oxygens (including phenoxy) is 1. The van der Waals surface area contributed by atoms with Crippen LogP contribution in [-0.4, -0.2) is 53.2 Å². The van der Waals surface area contributed by atoms with Crippen molar-refractivity contribution < 1.29 is 14.3 Å². The molecule has 0 bridgehead atoms. The Morgan fingerprint density at radius 3 is 2.70 bits per heavy atom. The van der Waals surface area contributed by atoms with E-state index in [4.69, 9.17) is 27.9 Å². The summed E-state index contributed by atoms with van der Waals surface area (Å²) in [5.41, 5.74) is -0.593. The van der Waals surface area contributed by atoms with E-state index in [0.29, 0.717) is 41.9 Å². The van der Waals surface area contributed by atoms with E-state index in [1.165, 1.54) is 11.1 Å². The zero-order valence-corrected chi connectivity index (χ0v) is 17.4. The van der Waals surface area contributed by atoms with Gasteiger partial charge in [-0.25, -0.2) is 9.78 Å². The van der Waals surface area contributed by atoms with Crippen LogP contribution in [0, 0.1) is 0 Å². The van der Waals surface area contributed by atoms with Gasteiger partial charge in [0, 0.05) is 25.8 Å². The van der Waals surface area contributed by atoms with E-state index in [9.17, 15) is 9.59 Å². The lowest BCUT2D eigenvalue weighted by atomic mass is 10.0. The fourth-order valence-corrected chi connectivity index (χ4v) is 3.22. The van der Waals surface area contributed by atoms with Crippen LogP contribution in [0.2, 0.25) is 10.0 Å². The second-order valence-corrected chi connectivity index (χ2v) is 8.23. The first-order chi connectivity index (χ1) is 12.7. The molecule has 0 aliphatic carbocycles. The number of aromatic nitrogens is 1. The number of nitrogens with zero attached hydrogens (tertiary/aromatic N) is 2. The largest absolute Gasteiger partial charge is 0.444 e. The molecule has 2 amide bonds. The summed E-state index contributed by atoms with van der Waals surface area (Å²) >= 11 is 11.9. The summed E-state index contributed by atoms with van der Waals surface area (Å²) in [5, 5.41) is 6.77. The molecule has 2 heterocycles. The predicted octanol–water partition coefficient (Wildman–Crippen LogP) is 3.71. The van der Waals surface area contributed by atoms with Gasteiger partial charge in [-0.3, -0.25) is 9.69 Å². The Kier molecular flexibility index (Phi) is 7.56. The number of amides is 2. The van der Waals surface area contributed by atoms with Crippen LogP contribution in [0.5, 0.6) is 0 Å². The molecular weight excluding hydrogens is 391 g/mol. The zero-order valence-electron chi connectivity index (χ0n) is 15.8.